The molecule has 1 aliphatic heterocycles. The van der Waals surface area contributed by atoms with Crippen molar-refractivity contribution < 1.29 is 9.53 Å². The molecule has 1 aliphatic rings. The van der Waals surface area contributed by atoms with E-state index in [1.54, 1.807) is 24.3 Å². The summed E-state index contributed by atoms with van der Waals surface area (Å²) in [6, 6.07) is 6.75. The Morgan fingerprint density at radius 1 is 1.50 bits per heavy atom. The lowest BCUT2D eigenvalue weighted by molar-refractivity contribution is -0.122. The molecule has 4 nitrogen and oxygen atoms in total. The molecule has 1 amide bonds. The van der Waals surface area contributed by atoms with E-state index in [0.717, 1.165) is 0 Å². The van der Waals surface area contributed by atoms with Gasteiger partial charge in [0.2, 0.25) is 6.10 Å². The van der Waals surface area contributed by atoms with Crippen LogP contribution in [0.5, 0.6) is 0 Å². The number of nitrogens with two attached hydrogens (primary N) is 1. The number of hydrogen-bond donors (Lipinski definition) is 1. The number of halogens is 1. The van der Waals surface area contributed by atoms with E-state index in [1.807, 2.05) is 0 Å². The molecule has 14 heavy (non-hydrogen) atoms. The van der Waals surface area contributed by atoms with Crippen LogP contribution < -0.4 is 5.73 Å². The molecule has 0 fully saturated rings. The third-order valence-corrected chi connectivity index (χ3v) is 2.07. The Morgan fingerprint density at radius 3 is 2.86 bits per heavy atom. The zero-order valence-corrected chi connectivity index (χ0v) is 7.86. The number of amides is 1. The van der Waals surface area contributed by atoms with Crippen LogP contribution in [0.25, 0.3) is 0 Å². The zero-order chi connectivity index (χ0) is 10.1. The van der Waals surface area contributed by atoms with Gasteiger partial charge in [0.25, 0.3) is 11.9 Å². The molecule has 0 saturated carbocycles. The van der Waals surface area contributed by atoms with Gasteiger partial charge >= 0.3 is 0 Å². The first-order valence-corrected chi connectivity index (χ1v) is 4.35. The number of amidine groups is 1. The highest BCUT2D eigenvalue weighted by Crippen LogP contribution is 2.25. The number of aliphatic imine (C=N–C) groups is 1. The largest absolute Gasteiger partial charge is 0.447 e. The van der Waals surface area contributed by atoms with E-state index >= 15 is 0 Å². The topological polar surface area (TPSA) is 64.7 Å². The van der Waals surface area contributed by atoms with Crippen molar-refractivity contribution in [3.8, 4) is 0 Å². The maximum atomic E-state index is 11.3. The third-order valence-electron chi connectivity index (χ3n) is 1.83. The fraction of sp³-hybridized carbons (Fsp3) is 0.111. The van der Waals surface area contributed by atoms with E-state index in [9.17, 15) is 4.79 Å². The molecule has 2 N–H and O–H groups in total. The van der Waals surface area contributed by atoms with Crippen LogP contribution in [0.15, 0.2) is 29.3 Å². The standard InChI is InChI=1S/C9H7ClN2O2/c10-6-3-1-2-5(4-6)7-8(13)12-9(11)14-7/h1-4,7H,(H2,11,12,13). The second-order valence-corrected chi connectivity index (χ2v) is 3.28. The van der Waals surface area contributed by atoms with Crippen LogP contribution in [-0.4, -0.2) is 11.9 Å². The van der Waals surface area contributed by atoms with Gasteiger partial charge in [0.15, 0.2) is 0 Å². The van der Waals surface area contributed by atoms with Crippen molar-refractivity contribution in [3.05, 3.63) is 34.9 Å². The summed E-state index contributed by atoms with van der Waals surface area (Å²) in [5, 5.41) is 0.546. The lowest BCUT2D eigenvalue weighted by Crippen LogP contribution is -2.13. The van der Waals surface area contributed by atoms with E-state index in [1.165, 1.54) is 0 Å². The molecule has 2 rings (SSSR count). The van der Waals surface area contributed by atoms with Gasteiger partial charge in [0.05, 0.1) is 0 Å². The van der Waals surface area contributed by atoms with Gasteiger partial charge in [-0.05, 0) is 12.1 Å². The van der Waals surface area contributed by atoms with Crippen molar-refractivity contribution >= 4 is 23.5 Å². The first kappa shape index (κ1) is 9.02. The number of benzene rings is 1. The van der Waals surface area contributed by atoms with Gasteiger partial charge in [-0.3, -0.25) is 4.79 Å². The molecular formula is C9H7ClN2O2. The van der Waals surface area contributed by atoms with Crippen LogP contribution in [0.3, 0.4) is 0 Å². The minimum atomic E-state index is -0.742. The van der Waals surface area contributed by atoms with Crippen LogP contribution >= 0.6 is 11.6 Å². The minimum Gasteiger partial charge on any atom is -0.447 e. The smallest absolute Gasteiger partial charge is 0.296 e. The van der Waals surface area contributed by atoms with Gasteiger partial charge in [-0.2, -0.15) is 4.99 Å². The molecule has 0 saturated heterocycles. The van der Waals surface area contributed by atoms with E-state index in [-0.39, 0.29) is 6.02 Å². The van der Waals surface area contributed by atoms with Crippen LogP contribution in [0.1, 0.15) is 11.7 Å². The summed E-state index contributed by atoms with van der Waals surface area (Å²) >= 11 is 5.77. The quantitative estimate of drug-likeness (QED) is 0.759. The van der Waals surface area contributed by atoms with Gasteiger partial charge in [-0.25, -0.2) is 0 Å². The van der Waals surface area contributed by atoms with Crippen molar-refractivity contribution in [2.45, 2.75) is 6.10 Å². The number of carbonyl (C=O) groups is 1. The lowest BCUT2D eigenvalue weighted by Gasteiger charge is -2.08. The minimum absolute atomic E-state index is 0.0972. The molecule has 5 heteroatoms. The molecule has 0 spiro atoms. The molecule has 0 bridgehead atoms. The van der Waals surface area contributed by atoms with Crippen LogP contribution in [0.4, 0.5) is 0 Å². The SMILES string of the molecule is NC1=NC(=O)C(c2cccc(Cl)c2)O1. The van der Waals surface area contributed by atoms with Crippen molar-refractivity contribution in [2.75, 3.05) is 0 Å². The first-order valence-electron chi connectivity index (χ1n) is 3.97. The number of rotatable bonds is 1. The Kier molecular flexibility index (Phi) is 2.13. The van der Waals surface area contributed by atoms with Crippen LogP contribution in [0, 0.1) is 0 Å². The van der Waals surface area contributed by atoms with Gasteiger partial charge in [-0.1, -0.05) is 23.7 Å². The summed E-state index contributed by atoms with van der Waals surface area (Å²) in [5.74, 6) is -0.398. The summed E-state index contributed by atoms with van der Waals surface area (Å²) in [6.45, 7) is 0. The predicted octanol–water partition coefficient (Wildman–Crippen LogP) is 1.25. The Morgan fingerprint density at radius 2 is 2.29 bits per heavy atom. The van der Waals surface area contributed by atoms with Gasteiger partial charge in [-0.15, -0.1) is 0 Å². The van der Waals surface area contributed by atoms with Crippen LogP contribution in [-0.2, 0) is 9.53 Å². The summed E-state index contributed by atoms with van der Waals surface area (Å²) in [4.78, 5) is 14.7. The van der Waals surface area contributed by atoms with Crippen molar-refractivity contribution in [1.29, 1.82) is 0 Å². The average Bonchev–Trinajstić information content (AvgIpc) is 2.45. The molecular weight excluding hydrogens is 204 g/mol. The van der Waals surface area contributed by atoms with E-state index in [2.05, 4.69) is 4.99 Å². The van der Waals surface area contributed by atoms with Crippen LogP contribution in [0.2, 0.25) is 5.02 Å². The molecule has 1 heterocycles. The number of ether oxygens (including phenoxy) is 1. The second-order valence-electron chi connectivity index (χ2n) is 2.84. The Hall–Kier alpha value is -1.55. The zero-order valence-electron chi connectivity index (χ0n) is 7.11. The monoisotopic (exact) mass is 210 g/mol. The number of nitrogens with zero attached hydrogens (tertiary/aromatic N) is 1. The number of carbonyl (C=O) groups excluding carboxylic acids is 1. The van der Waals surface area contributed by atoms with Crippen molar-refractivity contribution in [1.82, 2.24) is 0 Å². The Balaban J connectivity index is 2.30. The number of hydrogen-bond acceptors (Lipinski definition) is 3. The molecule has 0 aromatic heterocycles. The Labute approximate surface area is 85.3 Å². The van der Waals surface area contributed by atoms with Gasteiger partial charge in [0.1, 0.15) is 0 Å². The highest BCUT2D eigenvalue weighted by atomic mass is 35.5. The molecule has 72 valence electrons. The van der Waals surface area contributed by atoms with E-state index in [0.29, 0.717) is 10.6 Å². The fourth-order valence-electron chi connectivity index (χ4n) is 1.25. The van der Waals surface area contributed by atoms with Crippen molar-refractivity contribution in [2.24, 2.45) is 10.7 Å². The van der Waals surface area contributed by atoms with Gasteiger partial charge < -0.3 is 10.5 Å². The average molecular weight is 211 g/mol. The van der Waals surface area contributed by atoms with Crippen molar-refractivity contribution in [3.63, 3.8) is 0 Å². The molecule has 0 aliphatic carbocycles. The predicted molar refractivity (Wildman–Crippen MR) is 51.9 cm³/mol. The highest BCUT2D eigenvalue weighted by Gasteiger charge is 2.29. The summed E-state index contributed by atoms with van der Waals surface area (Å²) in [5.41, 5.74) is 5.92. The molecule has 0 radical (unpaired) electrons. The fourth-order valence-corrected chi connectivity index (χ4v) is 1.44. The van der Waals surface area contributed by atoms with Gasteiger partial charge in [0, 0.05) is 10.6 Å². The highest BCUT2D eigenvalue weighted by molar-refractivity contribution is 6.30. The summed E-state index contributed by atoms with van der Waals surface area (Å²) in [6.07, 6.45) is -0.742. The third kappa shape index (κ3) is 1.56. The molecule has 1 aromatic rings. The second kappa shape index (κ2) is 3.31. The van der Waals surface area contributed by atoms with E-state index in [4.69, 9.17) is 22.1 Å². The molecule has 1 unspecified atom stereocenters. The normalized spacial score (nSPS) is 20.5. The Bertz CT molecular complexity index is 417. The van der Waals surface area contributed by atoms with E-state index < -0.39 is 12.0 Å². The lowest BCUT2D eigenvalue weighted by atomic mass is 10.1. The maximum absolute atomic E-state index is 11.3. The molecule has 1 atom stereocenters. The summed E-state index contributed by atoms with van der Waals surface area (Å²) in [7, 11) is 0. The summed E-state index contributed by atoms with van der Waals surface area (Å²) < 4.78 is 5.03. The first-order chi connectivity index (χ1) is 6.66. The maximum Gasteiger partial charge on any atom is 0.296 e. The molecule has 1 aromatic carbocycles.